The van der Waals surface area contributed by atoms with Crippen molar-refractivity contribution in [3.63, 3.8) is 0 Å². The Bertz CT molecular complexity index is 467. The second-order valence-corrected chi connectivity index (χ2v) is 4.17. The average molecular weight is 229 g/mol. The maximum atomic E-state index is 4.99. The van der Waals surface area contributed by atoms with Crippen LogP contribution in [0.4, 0.5) is 0 Å². The molecule has 2 rings (SSSR count). The van der Waals surface area contributed by atoms with Gasteiger partial charge in [-0.15, -0.1) is 0 Å². The van der Waals surface area contributed by atoms with Crippen molar-refractivity contribution in [2.45, 2.75) is 6.42 Å². The number of fused-ring (bicyclic) bond motifs is 1. The van der Waals surface area contributed by atoms with E-state index in [0.29, 0.717) is 0 Å². The molecule has 0 saturated heterocycles. The lowest BCUT2D eigenvalue weighted by atomic mass is 10.1. The third-order valence-corrected chi connectivity index (χ3v) is 2.89. The van der Waals surface area contributed by atoms with E-state index in [1.807, 2.05) is 0 Å². The van der Waals surface area contributed by atoms with Gasteiger partial charge in [0.15, 0.2) is 0 Å². The third kappa shape index (κ3) is 3.55. The van der Waals surface area contributed by atoms with Gasteiger partial charge in [-0.1, -0.05) is 42.5 Å². The number of benzene rings is 2. The van der Waals surface area contributed by atoms with Gasteiger partial charge >= 0.3 is 0 Å². The van der Waals surface area contributed by atoms with Gasteiger partial charge in [0, 0.05) is 13.7 Å². The molecule has 0 fully saturated rings. The van der Waals surface area contributed by atoms with E-state index in [9.17, 15) is 0 Å². The minimum Gasteiger partial charge on any atom is -0.383 e. The Kier molecular flexibility index (Phi) is 4.54. The first-order chi connectivity index (χ1) is 8.40. The Morgan fingerprint density at radius 1 is 1.00 bits per heavy atom. The molecule has 0 unspecified atom stereocenters. The maximum absolute atomic E-state index is 4.99. The Morgan fingerprint density at radius 2 is 1.82 bits per heavy atom. The number of hydrogen-bond acceptors (Lipinski definition) is 2. The van der Waals surface area contributed by atoms with Gasteiger partial charge in [0.1, 0.15) is 0 Å². The van der Waals surface area contributed by atoms with E-state index in [1.165, 1.54) is 16.3 Å². The molecule has 17 heavy (non-hydrogen) atoms. The molecule has 0 aliphatic carbocycles. The van der Waals surface area contributed by atoms with E-state index in [-0.39, 0.29) is 0 Å². The Labute approximate surface area is 103 Å². The quantitative estimate of drug-likeness (QED) is 0.769. The topological polar surface area (TPSA) is 21.3 Å². The Balaban J connectivity index is 1.90. The van der Waals surface area contributed by atoms with Crippen LogP contribution in [-0.4, -0.2) is 26.8 Å². The monoisotopic (exact) mass is 229 g/mol. The highest BCUT2D eigenvalue weighted by Gasteiger charge is 1.96. The molecule has 0 aromatic heterocycles. The fourth-order valence-electron chi connectivity index (χ4n) is 1.93. The maximum Gasteiger partial charge on any atom is 0.0587 e. The SMILES string of the molecule is COCCNCCc1ccc2ccccc2c1. The fraction of sp³-hybridized carbons (Fsp3) is 0.333. The lowest BCUT2D eigenvalue weighted by molar-refractivity contribution is 0.199. The molecule has 0 amide bonds. The number of ether oxygens (including phenoxy) is 1. The number of methoxy groups -OCH3 is 1. The molecule has 90 valence electrons. The van der Waals surface area contributed by atoms with Crippen LogP contribution >= 0.6 is 0 Å². The summed E-state index contributed by atoms with van der Waals surface area (Å²) < 4.78 is 4.99. The van der Waals surface area contributed by atoms with Gasteiger partial charge < -0.3 is 10.1 Å². The van der Waals surface area contributed by atoms with Gasteiger partial charge in [0.2, 0.25) is 0 Å². The van der Waals surface area contributed by atoms with E-state index >= 15 is 0 Å². The van der Waals surface area contributed by atoms with Gasteiger partial charge in [0.25, 0.3) is 0 Å². The first kappa shape index (κ1) is 12.1. The predicted molar refractivity (Wildman–Crippen MR) is 72.4 cm³/mol. The molecule has 0 aliphatic heterocycles. The predicted octanol–water partition coefficient (Wildman–Crippen LogP) is 2.62. The highest BCUT2D eigenvalue weighted by Crippen LogP contribution is 2.15. The van der Waals surface area contributed by atoms with Crippen LogP contribution in [0, 0.1) is 0 Å². The molecule has 2 heteroatoms. The zero-order valence-electron chi connectivity index (χ0n) is 10.3. The van der Waals surface area contributed by atoms with Crippen LogP contribution in [-0.2, 0) is 11.2 Å². The summed E-state index contributed by atoms with van der Waals surface area (Å²) in [4.78, 5) is 0. The summed E-state index contributed by atoms with van der Waals surface area (Å²) in [6.07, 6.45) is 1.06. The van der Waals surface area contributed by atoms with Crippen LogP contribution < -0.4 is 5.32 Å². The van der Waals surface area contributed by atoms with E-state index in [0.717, 1.165) is 26.1 Å². The van der Waals surface area contributed by atoms with Gasteiger partial charge in [-0.05, 0) is 29.3 Å². The van der Waals surface area contributed by atoms with Crippen molar-refractivity contribution in [3.05, 3.63) is 48.0 Å². The second kappa shape index (κ2) is 6.38. The molecule has 0 heterocycles. The van der Waals surface area contributed by atoms with Gasteiger partial charge in [-0.25, -0.2) is 0 Å². The normalized spacial score (nSPS) is 10.9. The lowest BCUT2D eigenvalue weighted by Crippen LogP contribution is -2.21. The van der Waals surface area contributed by atoms with Crippen molar-refractivity contribution >= 4 is 10.8 Å². The molecule has 2 nitrogen and oxygen atoms in total. The molecule has 2 aromatic carbocycles. The molecule has 0 atom stereocenters. The van der Waals surface area contributed by atoms with Crippen molar-refractivity contribution < 1.29 is 4.74 Å². The summed E-state index contributed by atoms with van der Waals surface area (Å²) in [5.74, 6) is 0. The Hall–Kier alpha value is -1.38. The largest absolute Gasteiger partial charge is 0.383 e. The fourth-order valence-corrected chi connectivity index (χ4v) is 1.93. The van der Waals surface area contributed by atoms with E-state index in [2.05, 4.69) is 47.8 Å². The molecular weight excluding hydrogens is 210 g/mol. The van der Waals surface area contributed by atoms with Gasteiger partial charge in [-0.3, -0.25) is 0 Å². The summed E-state index contributed by atoms with van der Waals surface area (Å²) in [5, 5.41) is 5.99. The first-order valence-corrected chi connectivity index (χ1v) is 6.07. The minimum absolute atomic E-state index is 0.776. The van der Waals surface area contributed by atoms with Crippen molar-refractivity contribution in [2.24, 2.45) is 0 Å². The van der Waals surface area contributed by atoms with E-state index < -0.39 is 0 Å². The smallest absolute Gasteiger partial charge is 0.0587 e. The Morgan fingerprint density at radius 3 is 2.65 bits per heavy atom. The van der Waals surface area contributed by atoms with Crippen LogP contribution in [0.1, 0.15) is 5.56 Å². The number of hydrogen-bond donors (Lipinski definition) is 1. The molecule has 1 N–H and O–H groups in total. The summed E-state index contributed by atoms with van der Waals surface area (Å²) in [6.45, 7) is 2.70. The standard InChI is InChI=1S/C15H19NO/c1-17-11-10-16-9-8-13-6-7-14-4-2-3-5-15(14)12-13/h2-7,12,16H,8-11H2,1H3. The number of rotatable bonds is 6. The van der Waals surface area contributed by atoms with Gasteiger partial charge in [-0.2, -0.15) is 0 Å². The first-order valence-electron chi connectivity index (χ1n) is 6.07. The molecule has 0 saturated carbocycles. The van der Waals surface area contributed by atoms with Crippen LogP contribution in [0.5, 0.6) is 0 Å². The summed E-state index contributed by atoms with van der Waals surface area (Å²) in [5.41, 5.74) is 1.38. The second-order valence-electron chi connectivity index (χ2n) is 4.17. The van der Waals surface area contributed by atoms with Crippen molar-refractivity contribution in [2.75, 3.05) is 26.8 Å². The van der Waals surface area contributed by atoms with E-state index in [4.69, 9.17) is 4.74 Å². The molecule has 2 aromatic rings. The summed E-state index contributed by atoms with van der Waals surface area (Å²) >= 11 is 0. The summed E-state index contributed by atoms with van der Waals surface area (Å²) in [6, 6.07) is 15.2. The zero-order valence-corrected chi connectivity index (χ0v) is 10.3. The minimum atomic E-state index is 0.776. The molecule has 0 bridgehead atoms. The highest BCUT2D eigenvalue weighted by molar-refractivity contribution is 5.82. The van der Waals surface area contributed by atoms with Crippen LogP contribution in [0.2, 0.25) is 0 Å². The number of nitrogens with one attached hydrogen (secondary N) is 1. The van der Waals surface area contributed by atoms with Crippen molar-refractivity contribution in [1.29, 1.82) is 0 Å². The van der Waals surface area contributed by atoms with Crippen LogP contribution in [0.25, 0.3) is 10.8 Å². The molecule has 0 radical (unpaired) electrons. The van der Waals surface area contributed by atoms with E-state index in [1.54, 1.807) is 7.11 Å². The van der Waals surface area contributed by atoms with Gasteiger partial charge in [0.05, 0.1) is 6.61 Å². The molecular formula is C15H19NO. The van der Waals surface area contributed by atoms with Crippen molar-refractivity contribution in [1.82, 2.24) is 5.32 Å². The molecule has 0 spiro atoms. The zero-order chi connectivity index (χ0) is 11.9. The lowest BCUT2D eigenvalue weighted by Gasteiger charge is -2.05. The highest BCUT2D eigenvalue weighted by atomic mass is 16.5. The van der Waals surface area contributed by atoms with Crippen LogP contribution in [0.3, 0.4) is 0 Å². The van der Waals surface area contributed by atoms with Crippen molar-refractivity contribution in [3.8, 4) is 0 Å². The summed E-state index contributed by atoms with van der Waals surface area (Å²) in [7, 11) is 1.73. The molecule has 0 aliphatic rings. The average Bonchev–Trinajstić information content (AvgIpc) is 2.38. The van der Waals surface area contributed by atoms with Crippen LogP contribution in [0.15, 0.2) is 42.5 Å². The third-order valence-electron chi connectivity index (χ3n) is 2.89.